The Morgan fingerprint density at radius 3 is 2.45 bits per heavy atom. The lowest BCUT2D eigenvalue weighted by Gasteiger charge is -2.20. The molecule has 2 rings (SSSR count). The van der Waals surface area contributed by atoms with E-state index in [1.807, 2.05) is 0 Å². The van der Waals surface area contributed by atoms with Gasteiger partial charge in [0.2, 0.25) is 0 Å². The second-order valence-electron chi connectivity index (χ2n) is 5.86. The molecule has 0 aromatic heterocycles. The summed E-state index contributed by atoms with van der Waals surface area (Å²) >= 11 is 0. The smallest absolute Gasteiger partial charge is 0.0389 e. The van der Waals surface area contributed by atoms with E-state index < -0.39 is 0 Å². The maximum absolute atomic E-state index is 8.38. The van der Waals surface area contributed by atoms with Crippen molar-refractivity contribution in [2.24, 2.45) is 0 Å². The number of benzene rings is 1. The fourth-order valence-electron chi connectivity index (χ4n) is 3.10. The van der Waals surface area contributed by atoms with Crippen molar-refractivity contribution in [3.63, 3.8) is 0 Å². The molecule has 1 heteroatoms. The highest BCUT2D eigenvalue weighted by Crippen LogP contribution is 2.40. The number of nitrogens with one attached hydrogen (secondary N) is 1. The van der Waals surface area contributed by atoms with Crippen molar-refractivity contribution < 1.29 is 0 Å². The van der Waals surface area contributed by atoms with E-state index >= 15 is 0 Å². The monoisotopic (exact) mass is 267 g/mol. The fourth-order valence-corrected chi connectivity index (χ4v) is 3.10. The third-order valence-electron chi connectivity index (χ3n) is 4.33. The minimum absolute atomic E-state index is 0.369. The molecule has 1 nitrogen and oxygen atoms in total. The van der Waals surface area contributed by atoms with Crippen LogP contribution in [0.25, 0.3) is 0 Å². The van der Waals surface area contributed by atoms with Crippen molar-refractivity contribution >= 4 is 5.71 Å². The van der Waals surface area contributed by atoms with E-state index in [0.29, 0.717) is 5.92 Å². The average molecular weight is 267 g/mol. The molecule has 0 saturated heterocycles. The van der Waals surface area contributed by atoms with Crippen molar-refractivity contribution in [3.05, 3.63) is 58.2 Å². The second-order valence-corrected chi connectivity index (χ2v) is 5.86. The first kappa shape index (κ1) is 14.8. The average Bonchev–Trinajstić information content (AvgIpc) is 2.69. The van der Waals surface area contributed by atoms with Crippen LogP contribution < -0.4 is 0 Å². The lowest BCUT2D eigenvalue weighted by Crippen LogP contribution is -2.09. The van der Waals surface area contributed by atoms with Crippen LogP contribution in [0, 0.1) is 5.41 Å². The number of allylic oxidation sites excluding steroid dienone is 4. The predicted molar refractivity (Wildman–Crippen MR) is 87.7 cm³/mol. The molecule has 0 amide bonds. The van der Waals surface area contributed by atoms with Crippen LogP contribution in [0.3, 0.4) is 0 Å². The van der Waals surface area contributed by atoms with E-state index in [9.17, 15) is 0 Å². The van der Waals surface area contributed by atoms with Crippen LogP contribution in [0.1, 0.15) is 64.0 Å². The summed E-state index contributed by atoms with van der Waals surface area (Å²) in [5.74, 6) is 0.369. The normalized spacial score (nSPS) is 18.4. The molecule has 0 aliphatic heterocycles. The molecule has 106 valence electrons. The zero-order valence-electron chi connectivity index (χ0n) is 13.1. The molecule has 1 atom stereocenters. The highest BCUT2D eigenvalue weighted by molar-refractivity contribution is 6.00. The molecule has 0 spiro atoms. The largest absolute Gasteiger partial charge is 0.305 e. The molecular formula is C19H25N. The molecule has 0 heterocycles. The first-order valence-electron chi connectivity index (χ1n) is 7.58. The van der Waals surface area contributed by atoms with Gasteiger partial charge in [-0.2, -0.15) is 0 Å². The summed E-state index contributed by atoms with van der Waals surface area (Å²) in [6.45, 7) is 8.79. The van der Waals surface area contributed by atoms with E-state index in [1.165, 1.54) is 22.3 Å². The molecule has 1 aliphatic carbocycles. The van der Waals surface area contributed by atoms with E-state index in [0.717, 1.165) is 30.5 Å². The molecule has 20 heavy (non-hydrogen) atoms. The molecule has 0 bridgehead atoms. The van der Waals surface area contributed by atoms with Crippen LogP contribution in [0.2, 0.25) is 0 Å². The Morgan fingerprint density at radius 1 is 1.15 bits per heavy atom. The molecule has 1 aromatic carbocycles. The van der Waals surface area contributed by atoms with Gasteiger partial charge in [0, 0.05) is 11.6 Å². The van der Waals surface area contributed by atoms with Gasteiger partial charge in [0.15, 0.2) is 0 Å². The van der Waals surface area contributed by atoms with Gasteiger partial charge in [-0.1, -0.05) is 60.4 Å². The van der Waals surface area contributed by atoms with Gasteiger partial charge in [-0.15, -0.1) is 0 Å². The van der Waals surface area contributed by atoms with Gasteiger partial charge in [-0.25, -0.2) is 0 Å². The van der Waals surface area contributed by atoms with Gasteiger partial charge in [0.25, 0.3) is 0 Å². The Kier molecular flexibility index (Phi) is 4.59. The quantitative estimate of drug-likeness (QED) is 0.669. The van der Waals surface area contributed by atoms with Crippen molar-refractivity contribution in [1.82, 2.24) is 0 Å². The lowest BCUT2D eigenvalue weighted by molar-refractivity contribution is 0.830. The Balaban J connectivity index is 2.39. The third-order valence-corrected chi connectivity index (χ3v) is 4.33. The third kappa shape index (κ3) is 2.77. The summed E-state index contributed by atoms with van der Waals surface area (Å²) in [7, 11) is 0. The molecule has 0 saturated carbocycles. The number of hydrogen-bond donors (Lipinski definition) is 1. The van der Waals surface area contributed by atoms with Gasteiger partial charge in [0.05, 0.1) is 0 Å². The summed E-state index contributed by atoms with van der Waals surface area (Å²) in [5.41, 5.74) is 7.42. The van der Waals surface area contributed by atoms with Gasteiger partial charge >= 0.3 is 0 Å². The molecule has 1 unspecified atom stereocenters. The molecular weight excluding hydrogens is 242 g/mol. The van der Waals surface area contributed by atoms with Crippen LogP contribution in [-0.2, 0) is 0 Å². The Morgan fingerprint density at radius 2 is 1.85 bits per heavy atom. The minimum Gasteiger partial charge on any atom is -0.305 e. The summed E-state index contributed by atoms with van der Waals surface area (Å²) < 4.78 is 0. The van der Waals surface area contributed by atoms with Crippen LogP contribution in [-0.4, -0.2) is 5.71 Å². The standard InChI is InChI=1S/C19H25N/c1-5-6-11-18(20)16-9-7-8-10-17(16)19-14(3)12-13(2)15(19)4/h7-10,12,19-20H,5-6,11H2,1-4H3. The van der Waals surface area contributed by atoms with E-state index in [4.69, 9.17) is 5.41 Å². The van der Waals surface area contributed by atoms with E-state index in [1.54, 1.807) is 0 Å². The topological polar surface area (TPSA) is 23.9 Å². The van der Waals surface area contributed by atoms with Gasteiger partial charge in [-0.3, -0.25) is 0 Å². The zero-order valence-corrected chi connectivity index (χ0v) is 13.1. The number of hydrogen-bond acceptors (Lipinski definition) is 1. The van der Waals surface area contributed by atoms with Crippen LogP contribution >= 0.6 is 0 Å². The van der Waals surface area contributed by atoms with Gasteiger partial charge in [-0.05, 0) is 44.7 Å². The molecule has 1 aromatic rings. The van der Waals surface area contributed by atoms with Crippen LogP contribution in [0.15, 0.2) is 47.1 Å². The van der Waals surface area contributed by atoms with Crippen molar-refractivity contribution in [3.8, 4) is 0 Å². The SMILES string of the molecule is CCCCC(=N)c1ccccc1C1C(C)=CC(C)=C1C. The van der Waals surface area contributed by atoms with Crippen LogP contribution in [0.5, 0.6) is 0 Å². The molecule has 1 N–H and O–H groups in total. The minimum atomic E-state index is 0.369. The molecule has 1 aliphatic rings. The summed E-state index contributed by atoms with van der Waals surface area (Å²) in [6.07, 6.45) is 5.41. The van der Waals surface area contributed by atoms with Gasteiger partial charge in [0.1, 0.15) is 0 Å². The zero-order chi connectivity index (χ0) is 14.7. The number of rotatable bonds is 5. The maximum Gasteiger partial charge on any atom is 0.0389 e. The van der Waals surface area contributed by atoms with Crippen molar-refractivity contribution in [2.45, 2.75) is 52.9 Å². The Hall–Kier alpha value is -1.63. The molecule has 0 fully saturated rings. The van der Waals surface area contributed by atoms with E-state index in [2.05, 4.69) is 58.0 Å². The predicted octanol–water partition coefficient (Wildman–Crippen LogP) is 5.62. The van der Waals surface area contributed by atoms with Crippen molar-refractivity contribution in [1.29, 1.82) is 5.41 Å². The molecule has 0 radical (unpaired) electrons. The Labute approximate surface area is 122 Å². The maximum atomic E-state index is 8.38. The lowest BCUT2D eigenvalue weighted by atomic mass is 9.84. The first-order valence-corrected chi connectivity index (χ1v) is 7.58. The van der Waals surface area contributed by atoms with Crippen molar-refractivity contribution in [2.75, 3.05) is 0 Å². The highest BCUT2D eigenvalue weighted by atomic mass is 14.4. The number of unbranched alkanes of at least 4 members (excludes halogenated alkanes) is 1. The summed E-state index contributed by atoms with van der Waals surface area (Å²) in [4.78, 5) is 0. The first-order chi connectivity index (χ1) is 9.56. The van der Waals surface area contributed by atoms with E-state index in [-0.39, 0.29) is 0 Å². The summed E-state index contributed by atoms with van der Waals surface area (Å²) in [5, 5.41) is 8.38. The Bertz CT molecular complexity index is 575. The van der Waals surface area contributed by atoms with Crippen LogP contribution in [0.4, 0.5) is 0 Å². The fraction of sp³-hybridized carbons (Fsp3) is 0.421. The second kappa shape index (κ2) is 6.21. The van der Waals surface area contributed by atoms with Gasteiger partial charge < -0.3 is 5.41 Å². The highest BCUT2D eigenvalue weighted by Gasteiger charge is 2.24. The summed E-state index contributed by atoms with van der Waals surface area (Å²) in [6, 6.07) is 8.46.